The number of ether oxygens (including phenoxy) is 1. The van der Waals surface area contributed by atoms with Crippen molar-refractivity contribution in [1.82, 2.24) is 10.2 Å². The minimum Gasteiger partial charge on any atom is -0.484 e. The number of rotatable bonds is 7. The average Bonchev–Trinajstić information content (AvgIpc) is 3.43. The van der Waals surface area contributed by atoms with E-state index in [1.165, 1.54) is 12.8 Å². The van der Waals surface area contributed by atoms with E-state index < -0.39 is 5.91 Å². The molecule has 2 amide bonds. The molecule has 2 aliphatic rings. The lowest BCUT2D eigenvalue weighted by molar-refractivity contribution is -0.119. The quantitative estimate of drug-likeness (QED) is 0.766. The first kappa shape index (κ1) is 19.5. The van der Waals surface area contributed by atoms with Crippen molar-refractivity contribution in [2.75, 3.05) is 26.2 Å². The van der Waals surface area contributed by atoms with Gasteiger partial charge in [0.2, 0.25) is 0 Å². The van der Waals surface area contributed by atoms with E-state index >= 15 is 0 Å². The number of nitrogens with two attached hydrogens (primary N) is 1. The van der Waals surface area contributed by atoms with Gasteiger partial charge in [-0.1, -0.05) is 0 Å². The number of nitrogens with one attached hydrogen (secondary N) is 1. The highest BCUT2D eigenvalue weighted by molar-refractivity contribution is 5.94. The topological polar surface area (TPSA) is 84.7 Å². The van der Waals surface area contributed by atoms with Gasteiger partial charge in [0, 0.05) is 24.7 Å². The summed E-state index contributed by atoms with van der Waals surface area (Å²) in [6.45, 7) is 2.56. The smallest absolute Gasteiger partial charge is 0.255 e. The molecule has 3 rings (SSSR count). The predicted molar refractivity (Wildman–Crippen MR) is 98.0 cm³/mol. The van der Waals surface area contributed by atoms with Crippen LogP contribution in [0, 0.1) is 5.92 Å². The zero-order valence-electron chi connectivity index (χ0n) is 14.3. The minimum atomic E-state index is -0.520. The maximum atomic E-state index is 12.6. The maximum absolute atomic E-state index is 12.6. The van der Waals surface area contributed by atoms with Gasteiger partial charge < -0.3 is 20.7 Å². The van der Waals surface area contributed by atoms with Crippen molar-refractivity contribution in [1.29, 1.82) is 0 Å². The number of nitrogens with zero attached hydrogens (tertiary/aromatic N) is 1. The van der Waals surface area contributed by atoms with Gasteiger partial charge in [-0.05, 0) is 62.4 Å². The third-order valence-corrected chi connectivity index (χ3v) is 4.66. The molecule has 0 aromatic heterocycles. The molecular formula is C18H26ClN3O3. The van der Waals surface area contributed by atoms with E-state index in [2.05, 4.69) is 5.32 Å². The lowest BCUT2D eigenvalue weighted by Gasteiger charge is -2.32. The standard InChI is InChI=1S/C18H25N3O3.ClH/c19-17(22)12-24-16-5-3-14(4-6-16)18(23)21-9-7-15(8-10-21)20-11-13-1-2-13;/h3-6,13,15,20H,1-2,7-12H2,(H2,19,22);1H. The van der Waals surface area contributed by atoms with Gasteiger partial charge in [0.25, 0.3) is 11.8 Å². The second-order valence-electron chi connectivity index (χ2n) is 6.70. The lowest BCUT2D eigenvalue weighted by atomic mass is 10.0. The Balaban J connectivity index is 0.00000225. The first-order valence-electron chi connectivity index (χ1n) is 8.65. The fraction of sp³-hybridized carbons (Fsp3) is 0.556. The second-order valence-corrected chi connectivity index (χ2v) is 6.70. The summed E-state index contributed by atoms with van der Waals surface area (Å²) in [5, 5.41) is 3.62. The fourth-order valence-corrected chi connectivity index (χ4v) is 2.97. The van der Waals surface area contributed by atoms with Gasteiger partial charge in [0.15, 0.2) is 6.61 Å². The Kier molecular flexibility index (Phi) is 7.08. The third-order valence-electron chi connectivity index (χ3n) is 4.66. The Labute approximate surface area is 154 Å². The summed E-state index contributed by atoms with van der Waals surface area (Å²) in [7, 11) is 0. The Hall–Kier alpha value is -1.79. The average molecular weight is 368 g/mol. The van der Waals surface area contributed by atoms with E-state index in [1.807, 2.05) is 4.90 Å². The SMILES string of the molecule is Cl.NC(=O)COc1ccc(C(=O)N2CCC(NCC3CC3)CC2)cc1. The summed E-state index contributed by atoms with van der Waals surface area (Å²) in [5.41, 5.74) is 5.68. The van der Waals surface area contributed by atoms with Gasteiger partial charge in [-0.15, -0.1) is 12.4 Å². The van der Waals surface area contributed by atoms with Crippen LogP contribution in [0.1, 0.15) is 36.0 Å². The van der Waals surface area contributed by atoms with E-state index in [0.717, 1.165) is 38.4 Å². The number of piperidine rings is 1. The number of primary amides is 1. The third kappa shape index (κ3) is 5.90. The van der Waals surface area contributed by atoms with Gasteiger partial charge in [-0.25, -0.2) is 0 Å². The number of benzene rings is 1. The molecule has 25 heavy (non-hydrogen) atoms. The molecule has 7 heteroatoms. The van der Waals surface area contributed by atoms with Crippen molar-refractivity contribution in [3.05, 3.63) is 29.8 Å². The molecule has 0 unspecified atom stereocenters. The summed E-state index contributed by atoms with van der Waals surface area (Å²) in [4.78, 5) is 25.2. The van der Waals surface area contributed by atoms with E-state index in [9.17, 15) is 9.59 Å². The zero-order chi connectivity index (χ0) is 16.9. The minimum absolute atomic E-state index is 0. The molecule has 0 atom stereocenters. The summed E-state index contributed by atoms with van der Waals surface area (Å²) in [6.07, 6.45) is 4.75. The molecule has 1 aliphatic carbocycles. The lowest BCUT2D eigenvalue weighted by Crippen LogP contribution is -2.45. The van der Waals surface area contributed by atoms with E-state index in [4.69, 9.17) is 10.5 Å². The monoisotopic (exact) mass is 367 g/mol. The van der Waals surface area contributed by atoms with Gasteiger partial charge in [-0.2, -0.15) is 0 Å². The molecule has 1 aliphatic heterocycles. The number of amides is 2. The summed E-state index contributed by atoms with van der Waals surface area (Å²) >= 11 is 0. The highest BCUT2D eigenvalue weighted by atomic mass is 35.5. The molecule has 0 spiro atoms. The number of likely N-dealkylation sites (tertiary alicyclic amines) is 1. The van der Waals surface area contributed by atoms with Crippen molar-refractivity contribution in [3.8, 4) is 5.75 Å². The highest BCUT2D eigenvalue weighted by Crippen LogP contribution is 2.28. The molecule has 1 saturated heterocycles. The van der Waals surface area contributed by atoms with Crippen LogP contribution in [0.5, 0.6) is 5.75 Å². The van der Waals surface area contributed by atoms with E-state index in [1.54, 1.807) is 24.3 Å². The number of carbonyl (C=O) groups is 2. The first-order chi connectivity index (χ1) is 11.6. The molecule has 1 heterocycles. The number of halogens is 1. The molecule has 0 radical (unpaired) electrons. The molecule has 1 aromatic rings. The normalized spacial score (nSPS) is 17.7. The van der Waals surface area contributed by atoms with Crippen molar-refractivity contribution in [2.24, 2.45) is 11.7 Å². The molecular weight excluding hydrogens is 342 g/mol. The molecule has 1 aromatic carbocycles. The van der Waals surface area contributed by atoms with Crippen LogP contribution in [-0.4, -0.2) is 49.0 Å². The molecule has 3 N–H and O–H groups in total. The Morgan fingerprint density at radius 3 is 2.32 bits per heavy atom. The number of hydrogen-bond acceptors (Lipinski definition) is 4. The fourth-order valence-electron chi connectivity index (χ4n) is 2.97. The maximum Gasteiger partial charge on any atom is 0.255 e. The van der Waals surface area contributed by atoms with Crippen molar-refractivity contribution in [3.63, 3.8) is 0 Å². The Bertz CT molecular complexity index is 582. The predicted octanol–water partition coefficient (Wildman–Crippen LogP) is 1.58. The summed E-state index contributed by atoms with van der Waals surface area (Å²) < 4.78 is 5.21. The summed E-state index contributed by atoms with van der Waals surface area (Å²) in [5.74, 6) is 0.957. The molecule has 6 nitrogen and oxygen atoms in total. The Morgan fingerprint density at radius 1 is 1.12 bits per heavy atom. The van der Waals surface area contributed by atoms with Crippen molar-refractivity contribution >= 4 is 24.2 Å². The van der Waals surface area contributed by atoms with Crippen molar-refractivity contribution < 1.29 is 14.3 Å². The Morgan fingerprint density at radius 2 is 1.76 bits per heavy atom. The van der Waals surface area contributed by atoms with Crippen LogP contribution in [0.15, 0.2) is 24.3 Å². The molecule has 0 bridgehead atoms. The number of carbonyl (C=O) groups excluding carboxylic acids is 2. The van der Waals surface area contributed by atoms with Gasteiger partial charge >= 0.3 is 0 Å². The van der Waals surface area contributed by atoms with Gasteiger partial charge in [-0.3, -0.25) is 9.59 Å². The van der Waals surface area contributed by atoms with Crippen molar-refractivity contribution in [2.45, 2.75) is 31.7 Å². The second kappa shape index (κ2) is 9.06. The van der Waals surface area contributed by atoms with Crippen LogP contribution < -0.4 is 15.8 Å². The number of hydrogen-bond donors (Lipinski definition) is 2. The van der Waals surface area contributed by atoms with Crippen LogP contribution in [-0.2, 0) is 4.79 Å². The molecule has 2 fully saturated rings. The molecule has 138 valence electrons. The van der Waals surface area contributed by atoms with Crippen LogP contribution in [0.2, 0.25) is 0 Å². The van der Waals surface area contributed by atoms with E-state index in [-0.39, 0.29) is 24.9 Å². The van der Waals surface area contributed by atoms with Crippen LogP contribution in [0.25, 0.3) is 0 Å². The molecule has 1 saturated carbocycles. The van der Waals surface area contributed by atoms with Gasteiger partial charge in [0.1, 0.15) is 5.75 Å². The van der Waals surface area contributed by atoms with E-state index in [0.29, 0.717) is 17.4 Å². The summed E-state index contributed by atoms with van der Waals surface area (Å²) in [6, 6.07) is 7.39. The van der Waals surface area contributed by atoms with Crippen LogP contribution in [0.4, 0.5) is 0 Å². The first-order valence-corrected chi connectivity index (χ1v) is 8.65. The largest absolute Gasteiger partial charge is 0.484 e. The highest BCUT2D eigenvalue weighted by Gasteiger charge is 2.26. The van der Waals surface area contributed by atoms with Crippen LogP contribution >= 0.6 is 12.4 Å². The van der Waals surface area contributed by atoms with Crippen LogP contribution in [0.3, 0.4) is 0 Å². The van der Waals surface area contributed by atoms with Gasteiger partial charge in [0.05, 0.1) is 0 Å². The zero-order valence-corrected chi connectivity index (χ0v) is 15.1.